The van der Waals surface area contributed by atoms with Crippen LogP contribution in [0.5, 0.6) is 0 Å². The zero-order valence-corrected chi connectivity index (χ0v) is 20.7. The smallest absolute Gasteiger partial charge is 0.264 e. The molecule has 4 aliphatic rings. The molecule has 3 N–H and O–H groups in total. The minimum atomic E-state index is -3.92. The first-order valence-electron chi connectivity index (χ1n) is 12.7. The van der Waals surface area contributed by atoms with Crippen LogP contribution in [0.2, 0.25) is 0 Å². The van der Waals surface area contributed by atoms with Crippen molar-refractivity contribution in [3.63, 3.8) is 0 Å². The predicted octanol–water partition coefficient (Wildman–Crippen LogP) is 4.53. The van der Waals surface area contributed by atoms with Gasteiger partial charge in [-0.15, -0.1) is 0 Å². The highest BCUT2D eigenvalue weighted by molar-refractivity contribution is 7.85. The molecule has 0 heterocycles. The number of aliphatic hydroxyl groups is 2. The first-order valence-corrected chi connectivity index (χ1v) is 14.3. The van der Waals surface area contributed by atoms with Gasteiger partial charge in [-0.25, -0.2) is 0 Å². The minimum absolute atomic E-state index is 0.135. The van der Waals surface area contributed by atoms with Crippen LogP contribution in [0.25, 0.3) is 0 Å². The van der Waals surface area contributed by atoms with Crippen molar-refractivity contribution < 1.29 is 23.2 Å². The van der Waals surface area contributed by atoms with E-state index in [-0.39, 0.29) is 40.6 Å². The van der Waals surface area contributed by atoms with E-state index in [0.717, 1.165) is 51.4 Å². The van der Waals surface area contributed by atoms with Gasteiger partial charge in [0, 0.05) is 0 Å². The summed E-state index contributed by atoms with van der Waals surface area (Å²) in [7, 11) is -3.92. The van der Waals surface area contributed by atoms with Gasteiger partial charge in [-0.05, 0) is 104 Å². The van der Waals surface area contributed by atoms with Gasteiger partial charge in [0.25, 0.3) is 10.1 Å². The molecule has 4 fully saturated rings. The van der Waals surface area contributed by atoms with E-state index < -0.39 is 10.1 Å². The van der Waals surface area contributed by atoms with Gasteiger partial charge >= 0.3 is 0 Å². The third kappa shape index (κ3) is 3.91. The summed E-state index contributed by atoms with van der Waals surface area (Å²) < 4.78 is 31.9. The van der Waals surface area contributed by atoms with E-state index in [0.29, 0.717) is 36.0 Å². The molecule has 6 heteroatoms. The number of fused-ring (bicyclic) bond motifs is 5. The van der Waals surface area contributed by atoms with Crippen molar-refractivity contribution in [2.24, 2.45) is 52.3 Å². The van der Waals surface area contributed by atoms with Crippen molar-refractivity contribution in [2.45, 2.75) is 97.7 Å². The number of aliphatic hydroxyl groups excluding tert-OH is 2. The summed E-state index contributed by atoms with van der Waals surface area (Å²) in [4.78, 5) is 0. The van der Waals surface area contributed by atoms with Crippen molar-refractivity contribution in [3.05, 3.63) is 0 Å². The maximum absolute atomic E-state index is 11.7. The molecule has 0 spiro atoms. The first-order chi connectivity index (χ1) is 14.4. The molecule has 4 saturated carbocycles. The van der Waals surface area contributed by atoms with Crippen molar-refractivity contribution in [1.29, 1.82) is 0 Å². The van der Waals surface area contributed by atoms with Gasteiger partial charge in [-0.3, -0.25) is 4.55 Å². The second-order valence-electron chi connectivity index (χ2n) is 12.2. The Morgan fingerprint density at radius 3 is 2.26 bits per heavy atom. The zero-order chi connectivity index (χ0) is 22.8. The summed E-state index contributed by atoms with van der Waals surface area (Å²) in [6.07, 6.45) is 8.26. The predicted molar refractivity (Wildman–Crippen MR) is 122 cm³/mol. The van der Waals surface area contributed by atoms with E-state index in [9.17, 15) is 23.2 Å². The lowest BCUT2D eigenvalue weighted by molar-refractivity contribution is -0.203. The average Bonchev–Trinajstić information content (AvgIpc) is 3.04. The molecule has 31 heavy (non-hydrogen) atoms. The van der Waals surface area contributed by atoms with Crippen molar-refractivity contribution in [2.75, 3.05) is 5.75 Å². The Hall–Kier alpha value is -0.170. The van der Waals surface area contributed by atoms with E-state index in [1.54, 1.807) is 0 Å². The molecule has 180 valence electrons. The molecule has 0 aromatic carbocycles. The lowest BCUT2D eigenvalue weighted by Crippen LogP contribution is -2.62. The van der Waals surface area contributed by atoms with Crippen LogP contribution in [-0.2, 0) is 10.1 Å². The van der Waals surface area contributed by atoms with E-state index in [4.69, 9.17) is 0 Å². The monoisotopic (exact) mass is 456 g/mol. The minimum Gasteiger partial charge on any atom is -0.393 e. The number of hydrogen-bond acceptors (Lipinski definition) is 4. The van der Waals surface area contributed by atoms with Gasteiger partial charge in [0.05, 0.1) is 18.0 Å². The highest BCUT2D eigenvalue weighted by Crippen LogP contribution is 2.69. The van der Waals surface area contributed by atoms with Crippen LogP contribution in [0.3, 0.4) is 0 Å². The normalized spacial score (nSPS) is 50.9. The van der Waals surface area contributed by atoms with Crippen LogP contribution in [0, 0.1) is 52.3 Å². The van der Waals surface area contributed by atoms with Gasteiger partial charge in [-0.1, -0.05) is 34.1 Å². The molecule has 4 unspecified atom stereocenters. The molecule has 0 bridgehead atoms. The standard InChI is InChI=1S/C25H44O5S/c1-5-17-21-14-16(26)8-11-25(21,4)20-9-12-24(3)18(15(2)10-13-31(28,29)30)6-7-19(24)22(20)23(17)27/h15-23,26-27H,5-14H2,1-4H3,(H,28,29,30)/t15-,16-,17-,18?,19?,20?,21+,22?,23-,24-,25-/m1/s1. The molecule has 0 aliphatic heterocycles. The Kier molecular flexibility index (Phi) is 6.38. The van der Waals surface area contributed by atoms with Crippen molar-refractivity contribution in [3.8, 4) is 0 Å². The van der Waals surface area contributed by atoms with Crippen molar-refractivity contribution in [1.82, 2.24) is 0 Å². The Balaban J connectivity index is 1.61. The molecule has 0 amide bonds. The maximum Gasteiger partial charge on any atom is 0.264 e. The summed E-state index contributed by atoms with van der Waals surface area (Å²) in [6, 6.07) is 0. The highest BCUT2D eigenvalue weighted by Gasteiger charge is 2.64. The Morgan fingerprint density at radius 2 is 1.61 bits per heavy atom. The van der Waals surface area contributed by atoms with E-state index >= 15 is 0 Å². The second-order valence-corrected chi connectivity index (χ2v) is 13.7. The maximum atomic E-state index is 11.7. The summed E-state index contributed by atoms with van der Waals surface area (Å²) in [6.45, 7) is 9.22. The molecule has 5 nitrogen and oxygen atoms in total. The van der Waals surface area contributed by atoms with Crippen molar-refractivity contribution >= 4 is 10.1 Å². The van der Waals surface area contributed by atoms with Crippen LogP contribution < -0.4 is 0 Å². The fraction of sp³-hybridized carbons (Fsp3) is 1.00. The number of hydrogen-bond donors (Lipinski definition) is 3. The molecule has 4 rings (SSSR count). The van der Waals surface area contributed by atoms with Crippen LogP contribution in [0.1, 0.15) is 85.5 Å². The summed E-state index contributed by atoms with van der Waals surface area (Å²) in [5.74, 6) is 2.55. The third-order valence-electron chi connectivity index (χ3n) is 11.0. The Labute approximate surface area is 189 Å². The largest absolute Gasteiger partial charge is 0.393 e. The number of rotatable bonds is 5. The lowest BCUT2D eigenvalue weighted by Gasteiger charge is -2.64. The van der Waals surface area contributed by atoms with Crippen LogP contribution in [0.4, 0.5) is 0 Å². The zero-order valence-electron chi connectivity index (χ0n) is 19.8. The molecule has 0 saturated heterocycles. The highest BCUT2D eigenvalue weighted by atomic mass is 32.2. The van der Waals surface area contributed by atoms with Gasteiger partial charge < -0.3 is 10.2 Å². The van der Waals surface area contributed by atoms with Gasteiger partial charge in [0.15, 0.2) is 0 Å². The molecule has 11 atom stereocenters. The topological polar surface area (TPSA) is 94.8 Å². The van der Waals surface area contributed by atoms with Gasteiger partial charge in [0.2, 0.25) is 0 Å². The second kappa shape index (κ2) is 8.25. The van der Waals surface area contributed by atoms with Crippen LogP contribution >= 0.6 is 0 Å². The molecule has 4 aliphatic carbocycles. The fourth-order valence-corrected chi connectivity index (χ4v) is 10.1. The molecule has 0 aromatic heterocycles. The summed E-state index contributed by atoms with van der Waals surface area (Å²) in [5.41, 5.74) is 0.344. The van der Waals surface area contributed by atoms with Gasteiger partial charge in [-0.2, -0.15) is 8.42 Å². The quantitative estimate of drug-likeness (QED) is 0.529. The van der Waals surface area contributed by atoms with Crippen LogP contribution in [0.15, 0.2) is 0 Å². The first kappa shape index (κ1) is 24.0. The summed E-state index contributed by atoms with van der Waals surface area (Å²) in [5, 5.41) is 22.1. The van der Waals surface area contributed by atoms with Gasteiger partial charge in [0.1, 0.15) is 0 Å². The Morgan fingerprint density at radius 1 is 0.968 bits per heavy atom. The summed E-state index contributed by atoms with van der Waals surface area (Å²) >= 11 is 0. The molecular weight excluding hydrogens is 412 g/mol. The molecular formula is C25H44O5S. The lowest BCUT2D eigenvalue weighted by atomic mass is 9.41. The Bertz CT molecular complexity index is 768. The van der Waals surface area contributed by atoms with E-state index in [2.05, 4.69) is 27.7 Å². The third-order valence-corrected chi connectivity index (χ3v) is 11.7. The van der Waals surface area contributed by atoms with E-state index in [1.165, 1.54) is 0 Å². The van der Waals surface area contributed by atoms with Crippen LogP contribution in [-0.4, -0.2) is 41.1 Å². The SMILES string of the molecule is CC[C@H]1[C@@H](O)C2C3CCC([C@H](C)CCS(=O)(=O)O)[C@@]3(C)CCC2[C@@]2(C)CC[C@@H](O)C[C@@H]12. The molecule has 0 aromatic rings. The molecule has 0 radical (unpaired) electrons. The fourth-order valence-electron chi connectivity index (χ4n) is 9.47. The average molecular weight is 457 g/mol. The van der Waals surface area contributed by atoms with E-state index in [1.807, 2.05) is 0 Å².